The van der Waals surface area contributed by atoms with Gasteiger partial charge < -0.3 is 11.1 Å². The maximum atomic E-state index is 13.8. The number of carbonyl (C=O) groups is 2. The minimum Gasteiger partial charge on any atom is -0.366 e. The number of rotatable bonds is 5. The molecule has 182 valence electrons. The lowest BCUT2D eigenvalue weighted by Gasteiger charge is -2.11. The number of hydrogen-bond acceptors (Lipinski definition) is 6. The van der Waals surface area contributed by atoms with Gasteiger partial charge in [0.15, 0.2) is 5.69 Å². The third-order valence-electron chi connectivity index (χ3n) is 5.22. The molecule has 4 rings (SSSR count). The monoisotopic (exact) mass is 497 g/mol. The first-order chi connectivity index (χ1) is 17.0. The molecule has 2 amide bonds. The molecule has 1 aromatic carbocycles. The summed E-state index contributed by atoms with van der Waals surface area (Å²) in [5.41, 5.74) is 2.97. The van der Waals surface area contributed by atoms with Gasteiger partial charge in [0.2, 0.25) is 5.91 Å². The van der Waals surface area contributed by atoms with Gasteiger partial charge in [0.05, 0.1) is 34.7 Å². The third kappa shape index (κ3) is 4.69. The molecule has 36 heavy (non-hydrogen) atoms. The molecule has 0 unspecified atom stereocenters. The standard InChI is InChI=1S/C23H15F4N7O2/c1-11-19(20(23(25,26)27)33-34(11)10-14-4-2-3-13(9-28)30-14)32-22(36)18-8-16(21(29)35)15-6-5-12(24)7-17(15)31-18/h2-8H,10H2,1H3,(H2,29,35)(H,32,36). The second-order valence-electron chi connectivity index (χ2n) is 7.63. The first-order valence-corrected chi connectivity index (χ1v) is 10.2. The summed E-state index contributed by atoms with van der Waals surface area (Å²) in [5.74, 6) is -2.73. The van der Waals surface area contributed by atoms with Crippen molar-refractivity contribution in [2.75, 3.05) is 5.32 Å². The molecule has 13 heteroatoms. The van der Waals surface area contributed by atoms with Crippen molar-refractivity contribution >= 4 is 28.4 Å². The number of nitrogens with one attached hydrogen (secondary N) is 1. The SMILES string of the molecule is Cc1c(NC(=O)c2cc(C(N)=O)c3ccc(F)cc3n2)c(C(F)(F)F)nn1Cc1cccc(C#N)n1. The van der Waals surface area contributed by atoms with Crippen LogP contribution in [0.5, 0.6) is 0 Å². The summed E-state index contributed by atoms with van der Waals surface area (Å²) in [6.07, 6.45) is -4.93. The van der Waals surface area contributed by atoms with E-state index in [4.69, 9.17) is 11.0 Å². The van der Waals surface area contributed by atoms with E-state index in [1.54, 1.807) is 0 Å². The van der Waals surface area contributed by atoms with Crippen LogP contribution < -0.4 is 11.1 Å². The van der Waals surface area contributed by atoms with E-state index < -0.39 is 40.9 Å². The molecular formula is C23H15F4N7O2. The van der Waals surface area contributed by atoms with Gasteiger partial charge >= 0.3 is 6.18 Å². The molecular weight excluding hydrogens is 482 g/mol. The molecule has 9 nitrogen and oxygen atoms in total. The van der Waals surface area contributed by atoms with Gasteiger partial charge in [-0.2, -0.15) is 23.5 Å². The van der Waals surface area contributed by atoms with E-state index in [0.717, 1.165) is 22.9 Å². The lowest BCUT2D eigenvalue weighted by molar-refractivity contribution is -0.140. The second kappa shape index (κ2) is 9.06. The zero-order valence-electron chi connectivity index (χ0n) is 18.4. The molecule has 0 aliphatic rings. The summed E-state index contributed by atoms with van der Waals surface area (Å²) in [5, 5.41) is 14.9. The number of halogens is 4. The van der Waals surface area contributed by atoms with Crippen LogP contribution in [0.4, 0.5) is 23.2 Å². The van der Waals surface area contributed by atoms with Gasteiger partial charge in [-0.05, 0) is 37.3 Å². The molecule has 0 bridgehead atoms. The van der Waals surface area contributed by atoms with Crippen LogP contribution in [0.3, 0.4) is 0 Å². The van der Waals surface area contributed by atoms with Gasteiger partial charge in [-0.3, -0.25) is 14.3 Å². The van der Waals surface area contributed by atoms with Gasteiger partial charge in [-0.1, -0.05) is 6.07 Å². The number of aromatic nitrogens is 4. The zero-order valence-corrected chi connectivity index (χ0v) is 18.4. The van der Waals surface area contributed by atoms with Crippen molar-refractivity contribution in [3.63, 3.8) is 0 Å². The minimum atomic E-state index is -4.93. The van der Waals surface area contributed by atoms with E-state index in [2.05, 4.69) is 20.4 Å². The average molecular weight is 497 g/mol. The van der Waals surface area contributed by atoms with Crippen LogP contribution >= 0.6 is 0 Å². The Kier molecular flexibility index (Phi) is 6.11. The van der Waals surface area contributed by atoms with Crippen molar-refractivity contribution in [3.05, 3.63) is 82.3 Å². The highest BCUT2D eigenvalue weighted by molar-refractivity contribution is 6.10. The Balaban J connectivity index is 1.75. The highest BCUT2D eigenvalue weighted by atomic mass is 19.4. The molecule has 0 saturated heterocycles. The summed E-state index contributed by atoms with van der Waals surface area (Å²) in [4.78, 5) is 32.8. The molecule has 0 spiro atoms. The first kappa shape index (κ1) is 24.3. The number of hydrogen-bond donors (Lipinski definition) is 2. The van der Waals surface area contributed by atoms with E-state index >= 15 is 0 Å². The van der Waals surface area contributed by atoms with E-state index in [1.807, 2.05) is 6.07 Å². The van der Waals surface area contributed by atoms with Crippen LogP contribution in [0.25, 0.3) is 10.9 Å². The molecule has 3 aromatic heterocycles. The normalized spacial score (nSPS) is 11.3. The first-order valence-electron chi connectivity index (χ1n) is 10.2. The molecule has 4 aromatic rings. The van der Waals surface area contributed by atoms with Crippen molar-refractivity contribution in [2.45, 2.75) is 19.6 Å². The van der Waals surface area contributed by atoms with Gasteiger partial charge in [0.1, 0.15) is 23.3 Å². The van der Waals surface area contributed by atoms with E-state index in [-0.39, 0.29) is 40.1 Å². The number of nitrogens with two attached hydrogens (primary N) is 1. The molecule has 0 aliphatic heterocycles. The maximum Gasteiger partial charge on any atom is 0.437 e. The van der Waals surface area contributed by atoms with Gasteiger partial charge in [0.25, 0.3) is 5.91 Å². The van der Waals surface area contributed by atoms with E-state index in [9.17, 15) is 27.2 Å². The Hall–Kier alpha value is -4.86. The van der Waals surface area contributed by atoms with Crippen LogP contribution in [0.15, 0.2) is 42.5 Å². The minimum absolute atomic E-state index is 0.0539. The molecule has 0 atom stereocenters. The van der Waals surface area contributed by atoms with Gasteiger partial charge in [-0.25, -0.2) is 14.4 Å². The number of fused-ring (bicyclic) bond motifs is 1. The number of carbonyl (C=O) groups excluding carboxylic acids is 2. The number of alkyl halides is 3. The summed E-state index contributed by atoms with van der Waals surface area (Å²) in [6, 6.07) is 10.6. The highest BCUT2D eigenvalue weighted by Crippen LogP contribution is 2.36. The number of primary amides is 1. The largest absolute Gasteiger partial charge is 0.437 e. The van der Waals surface area contributed by atoms with Crippen molar-refractivity contribution in [3.8, 4) is 6.07 Å². The van der Waals surface area contributed by atoms with Crippen LogP contribution in [-0.2, 0) is 12.7 Å². The highest BCUT2D eigenvalue weighted by Gasteiger charge is 2.39. The summed E-state index contributed by atoms with van der Waals surface area (Å²) in [6.45, 7) is 1.10. The Morgan fingerprint density at radius 3 is 2.58 bits per heavy atom. The molecule has 0 radical (unpaired) electrons. The fraction of sp³-hybridized carbons (Fsp3) is 0.130. The molecule has 0 aliphatic carbocycles. The van der Waals surface area contributed by atoms with Crippen molar-refractivity contribution in [1.82, 2.24) is 19.7 Å². The smallest absolute Gasteiger partial charge is 0.366 e. The molecule has 3 N–H and O–H groups in total. The summed E-state index contributed by atoms with van der Waals surface area (Å²) < 4.78 is 56.0. The number of pyridine rings is 2. The van der Waals surface area contributed by atoms with E-state index in [0.29, 0.717) is 0 Å². The fourth-order valence-electron chi connectivity index (χ4n) is 3.53. The van der Waals surface area contributed by atoms with Crippen molar-refractivity contribution in [1.29, 1.82) is 5.26 Å². The quantitative estimate of drug-likeness (QED) is 0.404. The Bertz CT molecular complexity index is 1570. The zero-order chi connectivity index (χ0) is 26.2. The lowest BCUT2D eigenvalue weighted by atomic mass is 10.1. The van der Waals surface area contributed by atoms with Crippen LogP contribution in [0, 0.1) is 24.1 Å². The molecule has 0 saturated carbocycles. The van der Waals surface area contributed by atoms with Crippen LogP contribution in [-0.4, -0.2) is 31.6 Å². The van der Waals surface area contributed by atoms with Crippen LogP contribution in [0.2, 0.25) is 0 Å². The lowest BCUT2D eigenvalue weighted by Crippen LogP contribution is -2.19. The maximum absolute atomic E-state index is 13.8. The number of nitriles is 1. The van der Waals surface area contributed by atoms with Gasteiger partial charge in [0, 0.05) is 11.5 Å². The van der Waals surface area contributed by atoms with Crippen LogP contribution in [0.1, 0.15) is 43.6 Å². The molecule has 3 heterocycles. The Morgan fingerprint density at radius 1 is 1.17 bits per heavy atom. The number of anilines is 1. The Labute approximate surface area is 200 Å². The number of amides is 2. The van der Waals surface area contributed by atoms with E-state index in [1.165, 1.54) is 31.2 Å². The second-order valence-corrected chi connectivity index (χ2v) is 7.63. The average Bonchev–Trinajstić information content (AvgIpc) is 3.13. The predicted molar refractivity (Wildman–Crippen MR) is 118 cm³/mol. The Morgan fingerprint density at radius 2 is 1.92 bits per heavy atom. The van der Waals surface area contributed by atoms with Crippen molar-refractivity contribution in [2.24, 2.45) is 5.73 Å². The molecule has 0 fully saturated rings. The third-order valence-corrected chi connectivity index (χ3v) is 5.22. The summed E-state index contributed by atoms with van der Waals surface area (Å²) >= 11 is 0. The number of benzene rings is 1. The topological polar surface area (TPSA) is 140 Å². The van der Waals surface area contributed by atoms with Gasteiger partial charge in [-0.15, -0.1) is 0 Å². The number of nitrogens with zero attached hydrogens (tertiary/aromatic N) is 5. The van der Waals surface area contributed by atoms with Crippen molar-refractivity contribution < 1.29 is 27.2 Å². The summed E-state index contributed by atoms with van der Waals surface area (Å²) in [7, 11) is 0. The fourth-order valence-corrected chi connectivity index (χ4v) is 3.53. The predicted octanol–water partition coefficient (Wildman–Crippen LogP) is 3.56.